The van der Waals surface area contributed by atoms with E-state index in [-0.39, 0.29) is 0 Å². The average molecular weight is 261 g/mol. The molecule has 0 atom stereocenters. The number of fused-ring (bicyclic) bond motifs is 1. The number of aryl methyl sites for hydroxylation is 2. The van der Waals surface area contributed by atoms with Gasteiger partial charge in [0.05, 0.1) is 15.6 Å². The van der Waals surface area contributed by atoms with E-state index in [1.54, 1.807) is 6.33 Å². The minimum absolute atomic E-state index is 0.651. The molecule has 0 aliphatic carbocycles. The summed E-state index contributed by atoms with van der Waals surface area (Å²) in [4.78, 5) is 8.27. The van der Waals surface area contributed by atoms with Gasteiger partial charge in [0.2, 0.25) is 0 Å². The van der Waals surface area contributed by atoms with Gasteiger partial charge < -0.3 is 4.57 Å². The second-order valence-corrected chi connectivity index (χ2v) is 3.97. The van der Waals surface area contributed by atoms with Crippen LogP contribution < -0.4 is 0 Å². The number of halogens is 2. The Bertz CT molecular complexity index is 478. The Morgan fingerprint density at radius 3 is 2.77 bits per heavy atom. The van der Waals surface area contributed by atoms with E-state index in [0.29, 0.717) is 5.15 Å². The third-order valence-electron chi connectivity index (χ3n) is 2.03. The van der Waals surface area contributed by atoms with Crippen molar-refractivity contribution in [2.45, 2.75) is 6.92 Å². The van der Waals surface area contributed by atoms with Gasteiger partial charge in [0.25, 0.3) is 0 Å². The molecule has 0 radical (unpaired) electrons. The molecule has 0 N–H and O–H groups in total. The van der Waals surface area contributed by atoms with E-state index in [2.05, 4.69) is 25.9 Å². The first kappa shape index (κ1) is 8.97. The fraction of sp³-hybridized carbons (Fsp3) is 0.250. The highest BCUT2D eigenvalue weighted by Gasteiger charge is 2.14. The lowest BCUT2D eigenvalue weighted by Crippen LogP contribution is -1.91. The van der Waals surface area contributed by atoms with E-state index in [4.69, 9.17) is 11.6 Å². The van der Waals surface area contributed by atoms with E-state index >= 15 is 0 Å². The van der Waals surface area contributed by atoms with Crippen molar-refractivity contribution in [3.8, 4) is 0 Å². The number of hydrogen-bond donors (Lipinski definition) is 0. The number of aromatic nitrogens is 3. The highest BCUT2D eigenvalue weighted by molar-refractivity contribution is 9.10. The molecule has 0 aliphatic rings. The van der Waals surface area contributed by atoms with Gasteiger partial charge >= 0.3 is 0 Å². The third-order valence-corrected chi connectivity index (χ3v) is 3.47. The van der Waals surface area contributed by atoms with Crippen LogP contribution in [0, 0.1) is 6.92 Å². The molecule has 68 valence electrons. The number of hydrogen-bond acceptors (Lipinski definition) is 2. The van der Waals surface area contributed by atoms with Gasteiger partial charge in [-0.15, -0.1) is 0 Å². The third kappa shape index (κ3) is 1.16. The van der Waals surface area contributed by atoms with Crippen molar-refractivity contribution >= 4 is 38.6 Å². The molecular formula is C8H7BrClN3. The Hall–Kier alpha value is -0.610. The molecule has 0 unspecified atom stereocenters. The zero-order valence-electron chi connectivity index (χ0n) is 7.17. The molecule has 3 nitrogen and oxygen atoms in total. The van der Waals surface area contributed by atoms with Crippen molar-refractivity contribution in [3.05, 3.63) is 21.6 Å². The summed E-state index contributed by atoms with van der Waals surface area (Å²) in [6, 6.07) is 0. The summed E-state index contributed by atoms with van der Waals surface area (Å²) >= 11 is 9.46. The molecule has 0 amide bonds. The molecule has 0 fully saturated rings. The molecule has 0 bridgehead atoms. The first-order chi connectivity index (χ1) is 6.13. The molecule has 0 aliphatic heterocycles. The summed E-state index contributed by atoms with van der Waals surface area (Å²) in [6.45, 7) is 1.94. The summed E-state index contributed by atoms with van der Waals surface area (Å²) < 4.78 is 2.69. The second-order valence-electron chi connectivity index (χ2n) is 2.82. The monoisotopic (exact) mass is 259 g/mol. The van der Waals surface area contributed by atoms with Crippen LogP contribution in [-0.4, -0.2) is 14.5 Å². The van der Waals surface area contributed by atoms with Crippen LogP contribution in [0.25, 0.3) is 11.0 Å². The van der Waals surface area contributed by atoms with Crippen molar-refractivity contribution in [3.63, 3.8) is 0 Å². The predicted molar refractivity (Wildman–Crippen MR) is 56.0 cm³/mol. The van der Waals surface area contributed by atoms with E-state index in [1.165, 1.54) is 0 Å². The van der Waals surface area contributed by atoms with Crippen molar-refractivity contribution in [2.24, 2.45) is 7.05 Å². The topological polar surface area (TPSA) is 30.7 Å². The van der Waals surface area contributed by atoms with Crippen LogP contribution in [0.3, 0.4) is 0 Å². The first-order valence-corrected chi connectivity index (χ1v) is 4.91. The SMILES string of the molecule is Cc1ncnc2c1c(Br)c(Cl)n2C. The Labute approximate surface area is 88.9 Å². The molecule has 2 aromatic heterocycles. The zero-order valence-corrected chi connectivity index (χ0v) is 9.52. The Morgan fingerprint density at radius 1 is 1.46 bits per heavy atom. The molecule has 2 aromatic rings. The van der Waals surface area contributed by atoms with Crippen LogP contribution in [0.1, 0.15) is 5.69 Å². The van der Waals surface area contributed by atoms with Crippen LogP contribution in [0.5, 0.6) is 0 Å². The number of rotatable bonds is 0. The van der Waals surface area contributed by atoms with E-state index in [1.807, 2.05) is 18.5 Å². The highest BCUT2D eigenvalue weighted by atomic mass is 79.9. The molecular weight excluding hydrogens is 253 g/mol. The maximum atomic E-state index is 6.04. The summed E-state index contributed by atoms with van der Waals surface area (Å²) in [5.41, 5.74) is 1.78. The standard InChI is InChI=1S/C8H7BrClN3/c1-4-5-6(9)7(10)13(2)8(5)12-3-11-4/h3H,1-2H3. The van der Waals surface area contributed by atoms with Gasteiger partial charge in [0.15, 0.2) is 0 Å². The molecule has 0 spiro atoms. The zero-order chi connectivity index (χ0) is 9.59. The maximum absolute atomic E-state index is 6.04. The molecule has 2 heterocycles. The Kier molecular flexibility index (Phi) is 2.04. The lowest BCUT2D eigenvalue weighted by Gasteiger charge is -1.95. The normalized spacial score (nSPS) is 11.1. The second kappa shape index (κ2) is 2.96. The summed E-state index contributed by atoms with van der Waals surface area (Å²) in [7, 11) is 1.88. The van der Waals surface area contributed by atoms with Gasteiger partial charge in [0.1, 0.15) is 17.1 Å². The van der Waals surface area contributed by atoms with Gasteiger partial charge in [0, 0.05) is 7.05 Å². The van der Waals surface area contributed by atoms with Crippen LogP contribution in [0.4, 0.5) is 0 Å². The minimum atomic E-state index is 0.651. The molecule has 13 heavy (non-hydrogen) atoms. The molecule has 0 saturated heterocycles. The predicted octanol–water partition coefficient (Wildman–Crippen LogP) is 2.69. The maximum Gasteiger partial charge on any atom is 0.145 e. The van der Waals surface area contributed by atoms with Crippen LogP contribution >= 0.6 is 27.5 Å². The molecule has 2 rings (SSSR count). The fourth-order valence-electron chi connectivity index (χ4n) is 1.32. The van der Waals surface area contributed by atoms with E-state index < -0.39 is 0 Å². The molecule has 0 aromatic carbocycles. The first-order valence-electron chi connectivity index (χ1n) is 3.74. The lowest BCUT2D eigenvalue weighted by molar-refractivity contribution is 0.940. The van der Waals surface area contributed by atoms with E-state index in [9.17, 15) is 0 Å². The van der Waals surface area contributed by atoms with Crippen LogP contribution in [0.15, 0.2) is 10.8 Å². The summed E-state index contributed by atoms with van der Waals surface area (Å²) in [6.07, 6.45) is 1.54. The minimum Gasteiger partial charge on any atom is -0.318 e. The number of nitrogens with zero attached hydrogens (tertiary/aromatic N) is 3. The van der Waals surface area contributed by atoms with Gasteiger partial charge in [-0.1, -0.05) is 11.6 Å². The van der Waals surface area contributed by atoms with Gasteiger partial charge in [-0.05, 0) is 22.9 Å². The van der Waals surface area contributed by atoms with Crippen molar-refractivity contribution < 1.29 is 0 Å². The summed E-state index contributed by atoms with van der Waals surface area (Å²) in [5.74, 6) is 0. The van der Waals surface area contributed by atoms with Gasteiger partial charge in [-0.3, -0.25) is 0 Å². The summed E-state index contributed by atoms with van der Waals surface area (Å²) in [5, 5.41) is 1.63. The largest absolute Gasteiger partial charge is 0.318 e. The Morgan fingerprint density at radius 2 is 2.15 bits per heavy atom. The molecule has 5 heteroatoms. The molecule has 0 saturated carbocycles. The fourth-order valence-corrected chi connectivity index (χ4v) is 2.22. The smallest absolute Gasteiger partial charge is 0.145 e. The van der Waals surface area contributed by atoms with Crippen LogP contribution in [-0.2, 0) is 7.05 Å². The highest BCUT2D eigenvalue weighted by Crippen LogP contribution is 2.33. The quantitative estimate of drug-likeness (QED) is 0.729. The van der Waals surface area contributed by atoms with Crippen molar-refractivity contribution in [1.82, 2.24) is 14.5 Å². The van der Waals surface area contributed by atoms with Crippen LogP contribution in [0.2, 0.25) is 5.15 Å². The van der Waals surface area contributed by atoms with Gasteiger partial charge in [-0.2, -0.15) is 0 Å². The lowest BCUT2D eigenvalue weighted by atomic mass is 10.3. The van der Waals surface area contributed by atoms with Crippen molar-refractivity contribution in [1.29, 1.82) is 0 Å². The Balaban J connectivity index is 3.03. The average Bonchev–Trinajstić information content (AvgIpc) is 2.33. The van der Waals surface area contributed by atoms with Crippen molar-refractivity contribution in [2.75, 3.05) is 0 Å². The van der Waals surface area contributed by atoms with E-state index in [0.717, 1.165) is 21.2 Å². The van der Waals surface area contributed by atoms with Gasteiger partial charge in [-0.25, -0.2) is 9.97 Å².